The number of carbonyl (C=O) groups is 1. The van der Waals surface area contributed by atoms with E-state index in [1.807, 2.05) is 43.3 Å². The molecule has 9 heteroatoms. The molecule has 0 aliphatic rings. The molecule has 1 N–H and O–H groups in total. The molecule has 2 unspecified atom stereocenters. The normalized spacial score (nSPS) is 13.0. The number of methoxy groups -OCH3 is 1. The van der Waals surface area contributed by atoms with Crippen molar-refractivity contribution in [2.24, 2.45) is 0 Å². The van der Waals surface area contributed by atoms with Gasteiger partial charge in [0.25, 0.3) is 11.3 Å². The SMILES string of the molecule is CCC(NC(=O)C(CCC#N)OC)c1nc2onc(C)c2c(=O)n1Cc1ccccc1. The van der Waals surface area contributed by atoms with Crippen molar-refractivity contribution in [1.29, 1.82) is 5.26 Å². The standard InChI is InChI=1S/C22H25N5O4/c1-4-16(24-20(28)17(30-3)11-8-12-23)19-25-21-18(14(2)26-31-21)22(29)27(19)13-15-9-6-5-7-10-15/h5-7,9-10,16-17H,4,8,11,13H2,1-3H3,(H,24,28). The molecule has 0 saturated heterocycles. The van der Waals surface area contributed by atoms with Crippen molar-refractivity contribution >= 4 is 17.0 Å². The molecule has 0 spiro atoms. The Balaban J connectivity index is 2.03. The molecule has 31 heavy (non-hydrogen) atoms. The van der Waals surface area contributed by atoms with Crippen LogP contribution in [0.5, 0.6) is 0 Å². The quantitative estimate of drug-likeness (QED) is 0.561. The third-order valence-electron chi connectivity index (χ3n) is 5.11. The van der Waals surface area contributed by atoms with Crippen LogP contribution in [-0.2, 0) is 16.1 Å². The molecular formula is C22H25N5O4. The Bertz CT molecular complexity index is 1150. The van der Waals surface area contributed by atoms with Crippen molar-refractivity contribution in [3.8, 4) is 6.07 Å². The predicted octanol–water partition coefficient (Wildman–Crippen LogP) is 2.63. The molecule has 162 valence electrons. The maximum absolute atomic E-state index is 13.3. The van der Waals surface area contributed by atoms with Crippen molar-refractivity contribution in [3.05, 3.63) is 57.8 Å². The summed E-state index contributed by atoms with van der Waals surface area (Å²) in [6.45, 7) is 3.87. The molecule has 0 aliphatic heterocycles. The van der Waals surface area contributed by atoms with E-state index in [1.165, 1.54) is 7.11 Å². The lowest BCUT2D eigenvalue weighted by Gasteiger charge is -2.23. The van der Waals surface area contributed by atoms with Crippen LogP contribution in [-0.4, -0.2) is 33.8 Å². The smallest absolute Gasteiger partial charge is 0.267 e. The number of nitriles is 1. The van der Waals surface area contributed by atoms with Crippen LogP contribution in [0.4, 0.5) is 0 Å². The fourth-order valence-corrected chi connectivity index (χ4v) is 3.43. The molecule has 1 amide bonds. The largest absolute Gasteiger partial charge is 0.372 e. The van der Waals surface area contributed by atoms with Gasteiger partial charge >= 0.3 is 0 Å². The van der Waals surface area contributed by atoms with E-state index in [0.29, 0.717) is 23.3 Å². The zero-order valence-corrected chi connectivity index (χ0v) is 17.8. The van der Waals surface area contributed by atoms with Crippen LogP contribution in [0.15, 0.2) is 39.6 Å². The number of aromatic nitrogens is 3. The number of benzene rings is 1. The average Bonchev–Trinajstić information content (AvgIpc) is 3.16. The van der Waals surface area contributed by atoms with E-state index in [2.05, 4.69) is 15.5 Å². The Hall–Kier alpha value is -3.51. The molecule has 0 aliphatic carbocycles. The minimum absolute atomic E-state index is 0.141. The van der Waals surface area contributed by atoms with Gasteiger partial charge in [-0.2, -0.15) is 10.2 Å². The molecule has 9 nitrogen and oxygen atoms in total. The summed E-state index contributed by atoms with van der Waals surface area (Å²) in [6, 6.07) is 11.0. The molecule has 2 heterocycles. The Morgan fingerprint density at radius 2 is 2.10 bits per heavy atom. The lowest BCUT2D eigenvalue weighted by molar-refractivity contribution is -0.132. The number of amides is 1. The van der Waals surface area contributed by atoms with Gasteiger partial charge in [-0.05, 0) is 25.3 Å². The number of hydrogen-bond donors (Lipinski definition) is 1. The first-order valence-corrected chi connectivity index (χ1v) is 10.1. The molecule has 0 radical (unpaired) electrons. The van der Waals surface area contributed by atoms with Gasteiger partial charge in [-0.25, -0.2) is 0 Å². The predicted molar refractivity (Wildman–Crippen MR) is 113 cm³/mol. The number of aryl methyl sites for hydroxylation is 1. The highest BCUT2D eigenvalue weighted by molar-refractivity contribution is 5.81. The Morgan fingerprint density at radius 1 is 1.35 bits per heavy atom. The van der Waals surface area contributed by atoms with Crippen LogP contribution >= 0.6 is 0 Å². The van der Waals surface area contributed by atoms with Gasteiger partial charge in [0.1, 0.15) is 17.3 Å². The summed E-state index contributed by atoms with van der Waals surface area (Å²) in [7, 11) is 1.43. The van der Waals surface area contributed by atoms with E-state index in [1.54, 1.807) is 11.5 Å². The minimum Gasteiger partial charge on any atom is -0.372 e. The summed E-state index contributed by atoms with van der Waals surface area (Å²) >= 11 is 0. The monoisotopic (exact) mass is 423 g/mol. The molecular weight excluding hydrogens is 398 g/mol. The number of nitrogens with one attached hydrogen (secondary N) is 1. The second kappa shape index (κ2) is 10.00. The average molecular weight is 423 g/mol. The summed E-state index contributed by atoms with van der Waals surface area (Å²) in [6.07, 6.45) is 0.197. The van der Waals surface area contributed by atoms with Crippen LogP contribution in [0.2, 0.25) is 0 Å². The van der Waals surface area contributed by atoms with Gasteiger partial charge in [-0.1, -0.05) is 42.4 Å². The maximum atomic E-state index is 13.3. The number of hydrogen-bond acceptors (Lipinski definition) is 7. The van der Waals surface area contributed by atoms with Gasteiger partial charge in [-0.15, -0.1) is 0 Å². The highest BCUT2D eigenvalue weighted by Gasteiger charge is 2.26. The third kappa shape index (κ3) is 4.81. The van der Waals surface area contributed by atoms with Crippen LogP contribution in [0.25, 0.3) is 11.1 Å². The number of carbonyl (C=O) groups excluding carboxylic acids is 1. The van der Waals surface area contributed by atoms with E-state index in [-0.39, 0.29) is 36.6 Å². The third-order valence-corrected chi connectivity index (χ3v) is 5.11. The lowest BCUT2D eigenvalue weighted by Crippen LogP contribution is -2.40. The van der Waals surface area contributed by atoms with E-state index in [0.717, 1.165) is 5.56 Å². The fourth-order valence-electron chi connectivity index (χ4n) is 3.43. The van der Waals surface area contributed by atoms with E-state index >= 15 is 0 Å². The molecule has 0 fully saturated rings. The number of nitrogens with zero attached hydrogens (tertiary/aromatic N) is 4. The first-order chi connectivity index (χ1) is 15.0. The number of fused-ring (bicyclic) bond motifs is 1. The van der Waals surface area contributed by atoms with Crippen molar-refractivity contribution in [1.82, 2.24) is 20.0 Å². The van der Waals surface area contributed by atoms with Gasteiger partial charge in [0.15, 0.2) is 0 Å². The topological polar surface area (TPSA) is 123 Å². The Kier molecular flexibility index (Phi) is 7.15. The molecule has 1 aromatic carbocycles. The van der Waals surface area contributed by atoms with Crippen molar-refractivity contribution in [2.75, 3.05) is 7.11 Å². The first-order valence-electron chi connectivity index (χ1n) is 10.1. The second-order valence-corrected chi connectivity index (χ2v) is 7.19. The first kappa shape index (κ1) is 22.2. The van der Waals surface area contributed by atoms with E-state index < -0.39 is 12.1 Å². The van der Waals surface area contributed by atoms with E-state index in [4.69, 9.17) is 14.5 Å². The molecule has 0 bridgehead atoms. The van der Waals surface area contributed by atoms with Gasteiger partial charge < -0.3 is 14.6 Å². The zero-order valence-electron chi connectivity index (χ0n) is 17.8. The van der Waals surface area contributed by atoms with Gasteiger partial charge in [0.2, 0.25) is 5.91 Å². The fraction of sp³-hybridized carbons (Fsp3) is 0.409. The van der Waals surface area contributed by atoms with Crippen LogP contribution < -0.4 is 10.9 Å². The van der Waals surface area contributed by atoms with E-state index in [9.17, 15) is 9.59 Å². The van der Waals surface area contributed by atoms with Crippen molar-refractivity contribution < 1.29 is 14.1 Å². The molecule has 3 aromatic rings. The highest BCUT2D eigenvalue weighted by Crippen LogP contribution is 2.20. The molecule has 2 aromatic heterocycles. The van der Waals surface area contributed by atoms with Gasteiger partial charge in [0.05, 0.1) is 24.3 Å². The summed E-state index contributed by atoms with van der Waals surface area (Å²) in [5.41, 5.74) is 1.25. The Labute approximate surface area is 179 Å². The van der Waals surface area contributed by atoms with Crippen LogP contribution in [0, 0.1) is 18.3 Å². The van der Waals surface area contributed by atoms with Crippen LogP contribution in [0.3, 0.4) is 0 Å². The Morgan fingerprint density at radius 3 is 2.74 bits per heavy atom. The summed E-state index contributed by atoms with van der Waals surface area (Å²) in [4.78, 5) is 30.6. The number of ether oxygens (including phenoxy) is 1. The van der Waals surface area contributed by atoms with Gasteiger partial charge in [-0.3, -0.25) is 14.2 Å². The summed E-state index contributed by atoms with van der Waals surface area (Å²) in [5, 5.41) is 15.9. The van der Waals surface area contributed by atoms with Crippen molar-refractivity contribution in [3.63, 3.8) is 0 Å². The second-order valence-electron chi connectivity index (χ2n) is 7.19. The van der Waals surface area contributed by atoms with Gasteiger partial charge in [0, 0.05) is 13.5 Å². The maximum Gasteiger partial charge on any atom is 0.267 e. The lowest BCUT2D eigenvalue weighted by atomic mass is 10.1. The molecule has 2 atom stereocenters. The summed E-state index contributed by atoms with van der Waals surface area (Å²) < 4.78 is 12.0. The zero-order chi connectivity index (χ0) is 22.4. The minimum atomic E-state index is -0.765. The number of rotatable bonds is 9. The van der Waals surface area contributed by atoms with Crippen molar-refractivity contribution in [2.45, 2.75) is 51.8 Å². The summed E-state index contributed by atoms with van der Waals surface area (Å²) in [5.74, 6) is 0.0162. The van der Waals surface area contributed by atoms with Crippen LogP contribution in [0.1, 0.15) is 49.3 Å². The highest BCUT2D eigenvalue weighted by atomic mass is 16.5. The molecule has 3 rings (SSSR count). The molecule has 0 saturated carbocycles.